The molecule has 20 heavy (non-hydrogen) atoms. The number of hydrogen-bond donors (Lipinski definition) is 3. The fraction of sp³-hybridized carbons (Fsp3) is 0.357. The van der Waals surface area contributed by atoms with E-state index in [4.69, 9.17) is 10.8 Å². The molecule has 0 spiro atoms. The number of nitrogens with zero attached hydrogens (tertiary/aromatic N) is 1. The minimum atomic E-state index is -1.16. The van der Waals surface area contributed by atoms with Crippen LogP contribution in [0, 0.1) is 11.8 Å². The van der Waals surface area contributed by atoms with Crippen LogP contribution >= 0.6 is 0 Å². The lowest BCUT2D eigenvalue weighted by atomic mass is 10.0. The number of amides is 2. The third kappa shape index (κ3) is 4.07. The van der Waals surface area contributed by atoms with E-state index in [9.17, 15) is 9.59 Å². The van der Waals surface area contributed by atoms with Gasteiger partial charge in [-0.3, -0.25) is 14.6 Å². The molecule has 0 aromatic carbocycles. The Balaban J connectivity index is 3.00. The lowest BCUT2D eigenvalue weighted by Crippen LogP contribution is -2.53. The van der Waals surface area contributed by atoms with Gasteiger partial charge in [-0.25, -0.2) is 0 Å². The summed E-state index contributed by atoms with van der Waals surface area (Å²) in [5.41, 5.74) is 4.79. The van der Waals surface area contributed by atoms with E-state index in [-0.39, 0.29) is 6.61 Å². The Kier molecular flexibility index (Phi) is 5.23. The molecule has 1 aromatic heterocycles. The zero-order chi connectivity index (χ0) is 15.2. The number of nitrogens with one attached hydrogen (secondary N) is 1. The van der Waals surface area contributed by atoms with Gasteiger partial charge >= 0.3 is 0 Å². The van der Waals surface area contributed by atoms with Crippen molar-refractivity contribution in [2.24, 2.45) is 5.73 Å². The maximum absolute atomic E-state index is 12.2. The lowest BCUT2D eigenvalue weighted by molar-refractivity contribution is -0.122. The lowest BCUT2D eigenvalue weighted by Gasteiger charge is -2.22. The van der Waals surface area contributed by atoms with Crippen molar-refractivity contribution in [3.05, 3.63) is 29.6 Å². The van der Waals surface area contributed by atoms with Gasteiger partial charge in [0.15, 0.2) is 0 Å². The van der Waals surface area contributed by atoms with Gasteiger partial charge in [-0.2, -0.15) is 0 Å². The SMILES string of the molecule is CC(C)(NC(=O)c1ccncc1C#CCCO)C(N)=O. The number of aliphatic hydroxyl groups excluding tert-OH is 1. The fourth-order valence-electron chi connectivity index (χ4n) is 1.32. The Hall–Kier alpha value is -2.39. The van der Waals surface area contributed by atoms with Crippen molar-refractivity contribution in [2.75, 3.05) is 6.61 Å². The van der Waals surface area contributed by atoms with E-state index in [0.717, 1.165) is 0 Å². The Labute approximate surface area is 117 Å². The van der Waals surface area contributed by atoms with Gasteiger partial charge in [0.1, 0.15) is 5.54 Å². The molecule has 0 saturated heterocycles. The van der Waals surface area contributed by atoms with Gasteiger partial charge in [0.2, 0.25) is 5.91 Å². The average molecular weight is 275 g/mol. The number of primary amides is 1. The highest BCUT2D eigenvalue weighted by molar-refractivity contribution is 6.00. The summed E-state index contributed by atoms with van der Waals surface area (Å²) < 4.78 is 0. The molecule has 0 aliphatic carbocycles. The summed E-state index contributed by atoms with van der Waals surface area (Å²) in [6.45, 7) is 2.99. The summed E-state index contributed by atoms with van der Waals surface area (Å²) >= 11 is 0. The number of carbonyl (C=O) groups excluding carboxylic acids is 2. The van der Waals surface area contributed by atoms with E-state index in [1.807, 2.05) is 0 Å². The second kappa shape index (κ2) is 6.68. The van der Waals surface area contributed by atoms with Crippen LogP contribution < -0.4 is 11.1 Å². The highest BCUT2D eigenvalue weighted by Crippen LogP contribution is 2.09. The van der Waals surface area contributed by atoms with Crippen LogP contribution in [0.5, 0.6) is 0 Å². The van der Waals surface area contributed by atoms with Crippen LogP contribution in [0.4, 0.5) is 0 Å². The summed E-state index contributed by atoms with van der Waals surface area (Å²) in [4.78, 5) is 27.3. The van der Waals surface area contributed by atoms with Crippen LogP contribution in [0.3, 0.4) is 0 Å². The molecule has 0 aliphatic rings. The first-order chi connectivity index (χ1) is 9.38. The highest BCUT2D eigenvalue weighted by Gasteiger charge is 2.27. The van der Waals surface area contributed by atoms with Gasteiger partial charge in [0.05, 0.1) is 17.7 Å². The minimum absolute atomic E-state index is 0.0521. The third-order valence-electron chi connectivity index (χ3n) is 2.57. The van der Waals surface area contributed by atoms with Crippen LogP contribution in [0.25, 0.3) is 0 Å². The predicted octanol–water partition coefficient (Wildman–Crippen LogP) is -0.191. The molecule has 0 radical (unpaired) electrons. The first-order valence-corrected chi connectivity index (χ1v) is 6.04. The summed E-state index contributed by atoms with van der Waals surface area (Å²) in [5, 5.41) is 11.2. The molecular weight excluding hydrogens is 258 g/mol. The van der Waals surface area contributed by atoms with Crippen molar-refractivity contribution in [1.82, 2.24) is 10.3 Å². The minimum Gasteiger partial charge on any atom is -0.395 e. The second-order valence-corrected chi connectivity index (χ2v) is 4.64. The fourth-order valence-corrected chi connectivity index (χ4v) is 1.32. The van der Waals surface area contributed by atoms with E-state index in [1.165, 1.54) is 32.3 Å². The molecule has 1 rings (SSSR count). The topological polar surface area (TPSA) is 105 Å². The largest absolute Gasteiger partial charge is 0.395 e. The van der Waals surface area contributed by atoms with Gasteiger partial charge in [-0.05, 0) is 19.9 Å². The number of rotatable bonds is 4. The molecule has 0 unspecified atom stereocenters. The molecule has 0 saturated carbocycles. The Morgan fingerprint density at radius 1 is 1.50 bits per heavy atom. The Morgan fingerprint density at radius 2 is 2.20 bits per heavy atom. The van der Waals surface area contributed by atoms with E-state index in [2.05, 4.69) is 22.1 Å². The van der Waals surface area contributed by atoms with Crippen LogP contribution in [0.2, 0.25) is 0 Å². The normalized spacial score (nSPS) is 10.3. The molecule has 0 bridgehead atoms. The van der Waals surface area contributed by atoms with Crippen molar-refractivity contribution in [3.8, 4) is 11.8 Å². The molecule has 0 aliphatic heterocycles. The second-order valence-electron chi connectivity index (χ2n) is 4.64. The number of pyridine rings is 1. The van der Waals surface area contributed by atoms with Crippen LogP contribution in [-0.4, -0.2) is 34.1 Å². The van der Waals surface area contributed by atoms with Crippen LogP contribution in [0.15, 0.2) is 18.5 Å². The van der Waals surface area contributed by atoms with Gasteiger partial charge in [-0.1, -0.05) is 11.8 Å². The van der Waals surface area contributed by atoms with Crippen LogP contribution in [-0.2, 0) is 4.79 Å². The highest BCUT2D eigenvalue weighted by atomic mass is 16.2. The molecule has 0 fully saturated rings. The van der Waals surface area contributed by atoms with Crippen molar-refractivity contribution in [3.63, 3.8) is 0 Å². The molecule has 4 N–H and O–H groups in total. The van der Waals surface area contributed by atoms with E-state index < -0.39 is 17.4 Å². The quantitative estimate of drug-likeness (QED) is 0.662. The first kappa shape index (κ1) is 15.7. The molecular formula is C14H17N3O3. The van der Waals surface area contributed by atoms with Gasteiger partial charge in [-0.15, -0.1) is 0 Å². The molecule has 0 atom stereocenters. The van der Waals surface area contributed by atoms with Gasteiger partial charge in [0, 0.05) is 18.8 Å². The van der Waals surface area contributed by atoms with Gasteiger partial charge in [0.25, 0.3) is 5.91 Å². The number of carbonyl (C=O) groups is 2. The van der Waals surface area contributed by atoms with Crippen molar-refractivity contribution >= 4 is 11.8 Å². The molecule has 106 valence electrons. The van der Waals surface area contributed by atoms with Crippen molar-refractivity contribution in [1.29, 1.82) is 0 Å². The monoisotopic (exact) mass is 275 g/mol. The summed E-state index contributed by atoms with van der Waals surface area (Å²) in [5.74, 6) is 4.40. The zero-order valence-electron chi connectivity index (χ0n) is 11.4. The summed E-state index contributed by atoms with van der Waals surface area (Å²) in [6, 6.07) is 1.51. The Bertz CT molecular complexity index is 571. The van der Waals surface area contributed by atoms with Crippen molar-refractivity contribution < 1.29 is 14.7 Å². The average Bonchev–Trinajstić information content (AvgIpc) is 2.39. The number of aliphatic hydroxyl groups is 1. The van der Waals surface area contributed by atoms with Crippen molar-refractivity contribution in [2.45, 2.75) is 25.8 Å². The zero-order valence-corrected chi connectivity index (χ0v) is 11.4. The maximum Gasteiger partial charge on any atom is 0.253 e. The standard InChI is InChI=1S/C14H17N3O3/c1-14(2,13(15)20)17-12(19)11-6-7-16-9-10(11)5-3-4-8-18/h6-7,9,18H,4,8H2,1-2H3,(H2,15,20)(H,17,19). The van der Waals surface area contributed by atoms with E-state index >= 15 is 0 Å². The van der Waals surface area contributed by atoms with Gasteiger partial charge < -0.3 is 16.2 Å². The molecule has 6 nitrogen and oxygen atoms in total. The molecule has 6 heteroatoms. The molecule has 1 aromatic rings. The molecule has 2 amide bonds. The first-order valence-electron chi connectivity index (χ1n) is 6.04. The summed E-state index contributed by atoms with van der Waals surface area (Å²) in [7, 11) is 0. The maximum atomic E-state index is 12.2. The number of nitrogens with two attached hydrogens (primary N) is 1. The van der Waals surface area contributed by atoms with E-state index in [1.54, 1.807) is 0 Å². The Morgan fingerprint density at radius 3 is 2.80 bits per heavy atom. The number of aromatic nitrogens is 1. The third-order valence-corrected chi connectivity index (χ3v) is 2.57. The summed E-state index contributed by atoms with van der Waals surface area (Å²) in [6.07, 6.45) is 3.22. The number of hydrogen-bond acceptors (Lipinski definition) is 4. The molecule has 1 heterocycles. The van der Waals surface area contributed by atoms with Crippen LogP contribution in [0.1, 0.15) is 36.2 Å². The van der Waals surface area contributed by atoms with E-state index in [0.29, 0.717) is 17.5 Å². The predicted molar refractivity (Wildman–Crippen MR) is 73.6 cm³/mol. The smallest absolute Gasteiger partial charge is 0.253 e.